The molecule has 0 radical (unpaired) electrons. The zero-order valence-electron chi connectivity index (χ0n) is 11.3. The topological polar surface area (TPSA) is 64.9 Å². The number of benzene rings is 2. The van der Waals surface area contributed by atoms with E-state index in [1.165, 1.54) is 0 Å². The Bertz CT molecular complexity index is 802. The second-order valence-corrected chi connectivity index (χ2v) is 5.77. The fourth-order valence-electron chi connectivity index (χ4n) is 2.43. The van der Waals surface area contributed by atoms with Gasteiger partial charge in [-0.15, -0.1) is 0 Å². The smallest absolute Gasteiger partial charge is 0.260 e. The van der Waals surface area contributed by atoms with Crippen LogP contribution in [0.5, 0.6) is 0 Å². The first-order chi connectivity index (χ1) is 9.66. The molecule has 4 rings (SSSR count). The first-order valence-corrected chi connectivity index (χ1v) is 6.79. The van der Waals surface area contributed by atoms with Crippen LogP contribution >= 0.6 is 0 Å². The van der Waals surface area contributed by atoms with E-state index in [0.29, 0.717) is 11.6 Å². The quantitative estimate of drug-likeness (QED) is 0.720. The van der Waals surface area contributed by atoms with Crippen molar-refractivity contribution in [3.8, 4) is 11.5 Å². The maximum absolute atomic E-state index is 6.12. The number of nitrogen functional groups attached to an aromatic ring is 1. The van der Waals surface area contributed by atoms with Crippen molar-refractivity contribution in [1.29, 1.82) is 0 Å². The monoisotopic (exact) mass is 265 g/mol. The zero-order valence-corrected chi connectivity index (χ0v) is 11.3. The lowest BCUT2D eigenvalue weighted by atomic mass is 10.0. The average Bonchev–Trinajstić information content (AvgIpc) is 3.02. The predicted molar refractivity (Wildman–Crippen MR) is 78.2 cm³/mol. The number of aromatic nitrogens is 2. The van der Waals surface area contributed by atoms with Gasteiger partial charge in [0.1, 0.15) is 0 Å². The lowest BCUT2D eigenvalue weighted by Crippen LogP contribution is -2.02. The maximum atomic E-state index is 6.12. The molecule has 3 aromatic rings. The summed E-state index contributed by atoms with van der Waals surface area (Å²) in [4.78, 5) is 4.52. The normalized spacial score (nSPS) is 16.4. The van der Waals surface area contributed by atoms with Gasteiger partial charge in [0.25, 0.3) is 5.89 Å². The van der Waals surface area contributed by atoms with Crippen molar-refractivity contribution in [3.05, 3.63) is 42.2 Å². The molecule has 100 valence electrons. The second-order valence-electron chi connectivity index (χ2n) is 5.77. The van der Waals surface area contributed by atoms with Crippen LogP contribution in [-0.2, 0) is 5.41 Å². The molecule has 0 unspecified atom stereocenters. The van der Waals surface area contributed by atoms with Crippen molar-refractivity contribution in [2.45, 2.75) is 25.2 Å². The molecular formula is C16H15N3O. The van der Waals surface area contributed by atoms with Crippen LogP contribution in [0, 0.1) is 0 Å². The summed E-state index contributed by atoms with van der Waals surface area (Å²) >= 11 is 0. The molecule has 4 heteroatoms. The van der Waals surface area contributed by atoms with Crippen molar-refractivity contribution in [2.24, 2.45) is 0 Å². The highest BCUT2D eigenvalue weighted by molar-refractivity contribution is 5.92. The summed E-state index contributed by atoms with van der Waals surface area (Å²) in [6.07, 6.45) is 2.25. The molecule has 0 saturated heterocycles. The second kappa shape index (κ2) is 3.82. The lowest BCUT2D eigenvalue weighted by Gasteiger charge is -2.04. The van der Waals surface area contributed by atoms with E-state index in [2.05, 4.69) is 23.1 Å². The van der Waals surface area contributed by atoms with Crippen LogP contribution in [0.15, 0.2) is 40.9 Å². The fraction of sp³-hybridized carbons (Fsp3) is 0.250. The SMILES string of the molecule is CC1(c2noc(-c3cc4ccccc4cc3N)n2)CC1. The molecule has 0 spiro atoms. The largest absolute Gasteiger partial charge is 0.398 e. The molecule has 2 N–H and O–H groups in total. The number of anilines is 1. The summed E-state index contributed by atoms with van der Waals surface area (Å²) in [5.74, 6) is 1.30. The summed E-state index contributed by atoms with van der Waals surface area (Å²) < 4.78 is 5.41. The zero-order chi connectivity index (χ0) is 13.7. The minimum Gasteiger partial charge on any atom is -0.398 e. The predicted octanol–water partition coefficient (Wildman–Crippen LogP) is 3.52. The number of nitrogens with zero attached hydrogens (tertiary/aromatic N) is 2. The van der Waals surface area contributed by atoms with Gasteiger partial charge in [-0.25, -0.2) is 0 Å². The van der Waals surface area contributed by atoms with Crippen molar-refractivity contribution in [1.82, 2.24) is 10.1 Å². The van der Waals surface area contributed by atoms with Gasteiger partial charge in [-0.05, 0) is 35.7 Å². The summed E-state index contributed by atoms with van der Waals surface area (Å²) in [7, 11) is 0. The van der Waals surface area contributed by atoms with Gasteiger partial charge in [0.05, 0.1) is 5.56 Å². The number of hydrogen-bond donors (Lipinski definition) is 1. The number of fused-ring (bicyclic) bond motifs is 1. The molecule has 20 heavy (non-hydrogen) atoms. The fourth-order valence-corrected chi connectivity index (χ4v) is 2.43. The molecule has 0 atom stereocenters. The van der Waals surface area contributed by atoms with Crippen molar-refractivity contribution < 1.29 is 4.52 Å². The van der Waals surface area contributed by atoms with Gasteiger partial charge >= 0.3 is 0 Å². The Kier molecular flexibility index (Phi) is 2.19. The van der Waals surface area contributed by atoms with Crippen LogP contribution in [0.2, 0.25) is 0 Å². The Labute approximate surface area is 116 Å². The van der Waals surface area contributed by atoms with Crippen LogP contribution in [-0.4, -0.2) is 10.1 Å². The van der Waals surface area contributed by atoms with E-state index in [1.807, 2.05) is 30.3 Å². The van der Waals surface area contributed by atoms with Crippen molar-refractivity contribution >= 4 is 16.5 Å². The molecule has 4 nitrogen and oxygen atoms in total. The Morgan fingerprint density at radius 2 is 1.85 bits per heavy atom. The van der Waals surface area contributed by atoms with E-state index >= 15 is 0 Å². The molecule has 1 aromatic heterocycles. The summed E-state index contributed by atoms with van der Waals surface area (Å²) in [6, 6.07) is 12.1. The lowest BCUT2D eigenvalue weighted by molar-refractivity contribution is 0.416. The molecule has 1 saturated carbocycles. The molecule has 1 aliphatic rings. The Morgan fingerprint density at radius 3 is 2.55 bits per heavy atom. The van der Waals surface area contributed by atoms with Crippen molar-refractivity contribution in [3.63, 3.8) is 0 Å². The maximum Gasteiger partial charge on any atom is 0.260 e. The van der Waals surface area contributed by atoms with E-state index < -0.39 is 0 Å². The minimum atomic E-state index is 0.105. The standard InChI is InChI=1S/C16H15N3O/c1-16(6-7-16)15-18-14(20-19-15)12-8-10-4-2-3-5-11(10)9-13(12)17/h2-5,8-9H,6-7,17H2,1H3. The van der Waals surface area contributed by atoms with Gasteiger partial charge in [-0.2, -0.15) is 4.98 Å². The number of nitrogens with two attached hydrogens (primary N) is 1. The van der Waals surface area contributed by atoms with Crippen LogP contribution in [0.25, 0.3) is 22.2 Å². The third-order valence-corrected chi connectivity index (χ3v) is 4.11. The highest BCUT2D eigenvalue weighted by Gasteiger charge is 2.43. The molecular weight excluding hydrogens is 250 g/mol. The molecule has 1 fully saturated rings. The van der Waals surface area contributed by atoms with Gasteiger partial charge in [0.15, 0.2) is 5.82 Å². The van der Waals surface area contributed by atoms with E-state index in [-0.39, 0.29) is 5.41 Å². The Balaban J connectivity index is 1.85. The average molecular weight is 265 g/mol. The Hall–Kier alpha value is -2.36. The third-order valence-electron chi connectivity index (χ3n) is 4.11. The van der Waals surface area contributed by atoms with Crippen LogP contribution < -0.4 is 5.73 Å². The van der Waals surface area contributed by atoms with E-state index in [4.69, 9.17) is 10.3 Å². The molecule has 1 heterocycles. The van der Waals surface area contributed by atoms with Crippen LogP contribution in [0.1, 0.15) is 25.6 Å². The number of hydrogen-bond acceptors (Lipinski definition) is 4. The minimum absolute atomic E-state index is 0.105. The molecule has 0 aliphatic heterocycles. The molecule has 2 aromatic carbocycles. The van der Waals surface area contributed by atoms with E-state index in [1.54, 1.807) is 0 Å². The van der Waals surface area contributed by atoms with Gasteiger partial charge in [0, 0.05) is 11.1 Å². The van der Waals surface area contributed by atoms with Gasteiger partial charge in [-0.1, -0.05) is 36.3 Å². The molecule has 1 aliphatic carbocycles. The van der Waals surface area contributed by atoms with Gasteiger partial charge in [0.2, 0.25) is 0 Å². The number of rotatable bonds is 2. The van der Waals surface area contributed by atoms with Crippen LogP contribution in [0.3, 0.4) is 0 Å². The Morgan fingerprint density at radius 1 is 1.15 bits per heavy atom. The highest BCUT2D eigenvalue weighted by Crippen LogP contribution is 2.46. The van der Waals surface area contributed by atoms with Gasteiger partial charge in [-0.3, -0.25) is 0 Å². The third kappa shape index (κ3) is 1.68. The summed E-state index contributed by atoms with van der Waals surface area (Å²) in [5, 5.41) is 6.34. The highest BCUT2D eigenvalue weighted by atomic mass is 16.5. The first-order valence-electron chi connectivity index (χ1n) is 6.79. The van der Waals surface area contributed by atoms with E-state index in [9.17, 15) is 0 Å². The molecule has 0 amide bonds. The summed E-state index contributed by atoms with van der Waals surface area (Å²) in [5.41, 5.74) is 7.71. The van der Waals surface area contributed by atoms with E-state index in [0.717, 1.165) is 35.0 Å². The van der Waals surface area contributed by atoms with Gasteiger partial charge < -0.3 is 10.3 Å². The first kappa shape index (κ1) is 11.5. The molecule has 0 bridgehead atoms. The van der Waals surface area contributed by atoms with Crippen molar-refractivity contribution in [2.75, 3.05) is 5.73 Å². The van der Waals surface area contributed by atoms with Crippen LogP contribution in [0.4, 0.5) is 5.69 Å². The summed E-state index contributed by atoms with van der Waals surface area (Å²) in [6.45, 7) is 2.16.